The third kappa shape index (κ3) is 3.99. The highest BCUT2D eigenvalue weighted by molar-refractivity contribution is 5.27. The molecule has 0 spiro atoms. The molecule has 0 aliphatic heterocycles. The fraction of sp³-hybridized carbons (Fsp3) is 0.333. The van der Waals surface area contributed by atoms with Crippen LogP contribution in [0.3, 0.4) is 0 Å². The minimum absolute atomic E-state index is 0.561. The van der Waals surface area contributed by atoms with Gasteiger partial charge in [-0.2, -0.15) is 0 Å². The van der Waals surface area contributed by atoms with Crippen molar-refractivity contribution in [3.05, 3.63) is 53.5 Å². The van der Waals surface area contributed by atoms with E-state index >= 15 is 0 Å². The number of rotatable bonds is 3. The highest BCUT2D eigenvalue weighted by Crippen LogP contribution is 2.15. The van der Waals surface area contributed by atoms with Gasteiger partial charge in [0.1, 0.15) is 18.1 Å². The van der Waals surface area contributed by atoms with E-state index in [0.29, 0.717) is 6.61 Å². The Bertz CT molecular complexity index is 426. The topological polar surface area (TPSA) is 22.4 Å². The molecule has 0 saturated carbocycles. The molecule has 0 atom stereocenters. The first kappa shape index (κ1) is 13.4. The second kappa shape index (κ2) is 6.79. The van der Waals surface area contributed by atoms with Crippen molar-refractivity contribution >= 4 is 0 Å². The third-order valence-electron chi connectivity index (χ3n) is 2.38. The summed E-state index contributed by atoms with van der Waals surface area (Å²) in [5.41, 5.74) is 2.33. The normalized spacial score (nSPS) is 9.41. The van der Waals surface area contributed by atoms with Crippen molar-refractivity contribution in [3.8, 4) is 5.75 Å². The Morgan fingerprint density at radius 2 is 1.65 bits per heavy atom. The predicted octanol–water partition coefficient (Wildman–Crippen LogP) is 4.50. The number of hydrogen-bond donors (Lipinski definition) is 0. The molecule has 0 saturated heterocycles. The molecule has 0 aliphatic rings. The van der Waals surface area contributed by atoms with Crippen LogP contribution in [0.25, 0.3) is 0 Å². The summed E-state index contributed by atoms with van der Waals surface area (Å²) >= 11 is 0. The molecule has 0 bridgehead atoms. The van der Waals surface area contributed by atoms with Crippen molar-refractivity contribution in [3.63, 3.8) is 0 Å². The van der Waals surface area contributed by atoms with Gasteiger partial charge < -0.3 is 9.15 Å². The van der Waals surface area contributed by atoms with Crippen LogP contribution in [0.4, 0.5) is 0 Å². The number of furan rings is 1. The Morgan fingerprint density at radius 1 is 1.00 bits per heavy atom. The van der Waals surface area contributed by atoms with Crippen LogP contribution >= 0.6 is 0 Å². The molecule has 0 N–H and O–H groups in total. The van der Waals surface area contributed by atoms with Crippen LogP contribution in [-0.2, 0) is 6.61 Å². The molecule has 1 aromatic carbocycles. The van der Waals surface area contributed by atoms with Crippen LogP contribution in [0, 0.1) is 13.8 Å². The zero-order valence-corrected chi connectivity index (χ0v) is 11.0. The van der Waals surface area contributed by atoms with E-state index < -0.39 is 0 Å². The minimum Gasteiger partial charge on any atom is -0.489 e. The monoisotopic (exact) mass is 232 g/mol. The summed E-state index contributed by atoms with van der Waals surface area (Å²) in [5.74, 6) is 1.81. The molecule has 1 heterocycles. The molecule has 17 heavy (non-hydrogen) atoms. The summed E-state index contributed by atoms with van der Waals surface area (Å²) in [4.78, 5) is 0. The first-order valence-electron chi connectivity index (χ1n) is 5.98. The fourth-order valence-corrected chi connectivity index (χ4v) is 1.36. The van der Waals surface area contributed by atoms with Crippen molar-refractivity contribution in [2.45, 2.75) is 34.3 Å². The van der Waals surface area contributed by atoms with Gasteiger partial charge in [-0.1, -0.05) is 31.5 Å². The van der Waals surface area contributed by atoms with Crippen LogP contribution in [0.1, 0.15) is 30.7 Å². The van der Waals surface area contributed by atoms with Crippen molar-refractivity contribution in [1.29, 1.82) is 0 Å². The van der Waals surface area contributed by atoms with Gasteiger partial charge in [-0.05, 0) is 32.0 Å². The van der Waals surface area contributed by atoms with Gasteiger partial charge in [-0.15, -0.1) is 0 Å². The van der Waals surface area contributed by atoms with Crippen molar-refractivity contribution < 1.29 is 9.15 Å². The molecule has 0 fully saturated rings. The predicted molar refractivity (Wildman–Crippen MR) is 70.3 cm³/mol. The van der Waals surface area contributed by atoms with E-state index in [1.165, 1.54) is 5.56 Å². The zero-order chi connectivity index (χ0) is 12.7. The number of ether oxygens (including phenoxy) is 1. The highest BCUT2D eigenvalue weighted by Gasteiger charge is 2.01. The lowest BCUT2D eigenvalue weighted by Gasteiger charge is -2.05. The summed E-state index contributed by atoms with van der Waals surface area (Å²) < 4.78 is 10.8. The van der Waals surface area contributed by atoms with Gasteiger partial charge in [0.15, 0.2) is 0 Å². The Kier molecular flexibility index (Phi) is 5.34. The average Bonchev–Trinajstić information content (AvgIpc) is 2.77. The molecule has 0 aliphatic carbocycles. The summed E-state index contributed by atoms with van der Waals surface area (Å²) in [6.45, 7) is 8.56. The standard InChI is InChI=1S/C13H14O2.C2H6/c1-10-3-5-13(6-4-10)15-9-12-7-8-14-11(12)2;1-2/h3-8H,9H2,1-2H3;1-2H3. The first-order valence-corrected chi connectivity index (χ1v) is 5.98. The molecule has 2 nitrogen and oxygen atoms in total. The Morgan fingerprint density at radius 3 is 2.18 bits per heavy atom. The maximum atomic E-state index is 5.63. The van der Waals surface area contributed by atoms with E-state index in [0.717, 1.165) is 17.1 Å². The van der Waals surface area contributed by atoms with E-state index in [9.17, 15) is 0 Å². The molecule has 0 amide bonds. The lowest BCUT2D eigenvalue weighted by atomic mass is 10.2. The van der Waals surface area contributed by atoms with Crippen molar-refractivity contribution in [2.75, 3.05) is 0 Å². The molecule has 2 heteroatoms. The van der Waals surface area contributed by atoms with Crippen LogP contribution in [-0.4, -0.2) is 0 Å². The number of aryl methyl sites for hydroxylation is 2. The molecule has 2 rings (SSSR count). The maximum Gasteiger partial charge on any atom is 0.119 e. The van der Waals surface area contributed by atoms with Crippen LogP contribution in [0.15, 0.2) is 41.0 Å². The molecule has 2 aromatic rings. The first-order chi connectivity index (χ1) is 8.25. The van der Waals surface area contributed by atoms with Gasteiger partial charge in [0.25, 0.3) is 0 Å². The van der Waals surface area contributed by atoms with Crippen LogP contribution in [0.2, 0.25) is 0 Å². The third-order valence-corrected chi connectivity index (χ3v) is 2.38. The second-order valence-electron chi connectivity index (χ2n) is 3.60. The van der Waals surface area contributed by atoms with E-state index in [2.05, 4.69) is 6.92 Å². The lowest BCUT2D eigenvalue weighted by molar-refractivity contribution is 0.303. The van der Waals surface area contributed by atoms with E-state index in [4.69, 9.17) is 9.15 Å². The number of hydrogen-bond acceptors (Lipinski definition) is 2. The van der Waals surface area contributed by atoms with Crippen molar-refractivity contribution in [2.24, 2.45) is 0 Å². The molecule has 0 radical (unpaired) electrons. The summed E-state index contributed by atoms with van der Waals surface area (Å²) in [7, 11) is 0. The van der Waals surface area contributed by atoms with Gasteiger partial charge in [0.05, 0.1) is 6.26 Å². The molecular weight excluding hydrogens is 212 g/mol. The van der Waals surface area contributed by atoms with E-state index in [-0.39, 0.29) is 0 Å². The Hall–Kier alpha value is -1.70. The SMILES string of the molecule is CC.Cc1ccc(OCc2ccoc2C)cc1. The molecule has 92 valence electrons. The van der Waals surface area contributed by atoms with E-state index in [1.54, 1.807) is 6.26 Å². The van der Waals surface area contributed by atoms with Crippen LogP contribution < -0.4 is 4.74 Å². The molecular formula is C15H20O2. The zero-order valence-electron chi connectivity index (χ0n) is 11.0. The number of benzene rings is 1. The molecule has 1 aromatic heterocycles. The smallest absolute Gasteiger partial charge is 0.119 e. The van der Waals surface area contributed by atoms with Crippen LogP contribution in [0.5, 0.6) is 5.75 Å². The maximum absolute atomic E-state index is 5.63. The van der Waals surface area contributed by atoms with Gasteiger partial charge >= 0.3 is 0 Å². The summed E-state index contributed by atoms with van der Waals surface area (Å²) in [6.07, 6.45) is 1.68. The largest absolute Gasteiger partial charge is 0.489 e. The lowest BCUT2D eigenvalue weighted by Crippen LogP contribution is -1.95. The second-order valence-corrected chi connectivity index (χ2v) is 3.60. The van der Waals surface area contributed by atoms with E-state index in [1.807, 2.05) is 51.1 Å². The van der Waals surface area contributed by atoms with Crippen molar-refractivity contribution in [1.82, 2.24) is 0 Å². The average molecular weight is 232 g/mol. The Labute approximate surface area is 103 Å². The summed E-state index contributed by atoms with van der Waals surface area (Å²) in [6, 6.07) is 9.97. The minimum atomic E-state index is 0.561. The fourth-order valence-electron chi connectivity index (χ4n) is 1.36. The quantitative estimate of drug-likeness (QED) is 0.777. The van der Waals surface area contributed by atoms with Gasteiger partial charge in [-0.25, -0.2) is 0 Å². The highest BCUT2D eigenvalue weighted by atomic mass is 16.5. The molecule has 0 unspecified atom stereocenters. The Balaban J connectivity index is 0.000000686. The van der Waals surface area contributed by atoms with Gasteiger partial charge in [-0.3, -0.25) is 0 Å². The van der Waals surface area contributed by atoms with Gasteiger partial charge in [0.2, 0.25) is 0 Å². The van der Waals surface area contributed by atoms with Gasteiger partial charge in [0, 0.05) is 5.56 Å². The summed E-state index contributed by atoms with van der Waals surface area (Å²) in [5, 5.41) is 0.